The van der Waals surface area contributed by atoms with Gasteiger partial charge in [0.15, 0.2) is 0 Å². The molecule has 27 heavy (non-hydrogen) atoms. The molecule has 0 spiro atoms. The van der Waals surface area contributed by atoms with Crippen molar-refractivity contribution in [1.29, 1.82) is 0 Å². The summed E-state index contributed by atoms with van der Waals surface area (Å²) >= 11 is 33.3. The molecule has 0 bridgehead atoms. The third-order valence-corrected chi connectivity index (χ3v) is 3.70. The number of anilines is 1. The number of rotatable bonds is 3. The molecule has 0 saturated heterocycles. The summed E-state index contributed by atoms with van der Waals surface area (Å²) in [7, 11) is 0. The van der Waals surface area contributed by atoms with Crippen LogP contribution in [-0.2, 0) is 15.9 Å². The Hall–Kier alpha value is -0.700. The number of hydrazine groups is 1. The first-order chi connectivity index (χ1) is 12.4. The second kappa shape index (κ2) is 9.20. The van der Waals surface area contributed by atoms with E-state index in [0.29, 0.717) is 18.8 Å². The summed E-state index contributed by atoms with van der Waals surface area (Å²) in [4.78, 5) is 24.3. The Bertz CT molecular complexity index is 706. The fraction of sp³-hybridized carbons (Fsp3) is 0.429. The van der Waals surface area contributed by atoms with Gasteiger partial charge in [-0.15, -0.1) is 0 Å². The van der Waals surface area contributed by atoms with Crippen LogP contribution in [0.15, 0.2) is 18.2 Å². The van der Waals surface area contributed by atoms with E-state index in [9.17, 15) is 9.59 Å². The summed E-state index contributed by atoms with van der Waals surface area (Å²) in [5.41, 5.74) is 3.28. The minimum atomic E-state index is -1.83. The summed E-state index contributed by atoms with van der Waals surface area (Å²) in [6.45, 7) is -0.584. The summed E-state index contributed by atoms with van der Waals surface area (Å²) in [6.07, 6.45) is -1.45. The Morgan fingerprint density at radius 2 is 1.70 bits per heavy atom. The van der Waals surface area contributed by atoms with Gasteiger partial charge in [-0.1, -0.05) is 69.6 Å². The lowest BCUT2D eigenvalue weighted by atomic mass is 10.1. The number of nitrogens with one attached hydrogen (secondary N) is 1. The van der Waals surface area contributed by atoms with Crippen molar-refractivity contribution in [3.63, 3.8) is 0 Å². The summed E-state index contributed by atoms with van der Waals surface area (Å²) < 4.78 is 11.4. The number of hydrogen-bond acceptors (Lipinski definition) is 5. The number of halogens is 6. The first-order valence-corrected chi connectivity index (χ1v) is 9.51. The Kier molecular flexibility index (Phi) is 7.70. The first-order valence-electron chi connectivity index (χ1n) is 7.24. The summed E-state index contributed by atoms with van der Waals surface area (Å²) in [5.74, 6) is 0.673. The van der Waals surface area contributed by atoms with Crippen molar-refractivity contribution < 1.29 is 23.8 Å². The molecule has 1 heterocycles. The minimum Gasteiger partial charge on any atom is -0.493 e. The van der Waals surface area contributed by atoms with Crippen LogP contribution in [0.1, 0.15) is 5.56 Å². The van der Waals surface area contributed by atoms with E-state index in [1.54, 1.807) is 12.1 Å². The minimum absolute atomic E-state index is 0.263. The Morgan fingerprint density at radius 3 is 2.33 bits per heavy atom. The van der Waals surface area contributed by atoms with Gasteiger partial charge in [0.05, 0.1) is 12.3 Å². The van der Waals surface area contributed by atoms with Gasteiger partial charge in [0, 0.05) is 6.42 Å². The number of hydrogen-bond donors (Lipinski definition) is 1. The van der Waals surface area contributed by atoms with Crippen LogP contribution in [0.25, 0.3) is 0 Å². The third kappa shape index (κ3) is 7.68. The van der Waals surface area contributed by atoms with Crippen molar-refractivity contribution in [2.45, 2.75) is 14.0 Å². The molecular weight excluding hydrogens is 489 g/mol. The lowest BCUT2D eigenvalue weighted by Gasteiger charge is -2.24. The molecule has 2 amide bonds. The highest BCUT2D eigenvalue weighted by atomic mass is 35.6. The monoisotopic (exact) mass is 498 g/mol. The maximum Gasteiger partial charge on any atom is 0.433 e. The zero-order valence-electron chi connectivity index (χ0n) is 13.3. The van der Waals surface area contributed by atoms with Gasteiger partial charge >= 0.3 is 12.2 Å². The van der Waals surface area contributed by atoms with Gasteiger partial charge in [0.1, 0.15) is 19.0 Å². The van der Waals surface area contributed by atoms with E-state index in [1.807, 2.05) is 0 Å². The molecule has 0 saturated carbocycles. The van der Waals surface area contributed by atoms with Crippen molar-refractivity contribution >= 4 is 87.5 Å². The summed E-state index contributed by atoms with van der Waals surface area (Å²) in [6, 6.07) is 4.80. The van der Waals surface area contributed by atoms with Gasteiger partial charge in [0.25, 0.3) is 0 Å². The van der Waals surface area contributed by atoms with Gasteiger partial charge in [-0.3, -0.25) is 0 Å². The standard InChI is InChI=1S/C14H12Cl6N2O5/c15-13(16,17)6-26-11(23)21-22(12(24)27-7-14(18,19)20)9-1-2-10-8(5-9)3-4-25-10/h1-2,5H,3-4,6-7H2,(H,21,23). The van der Waals surface area contributed by atoms with Crippen LogP contribution in [0.5, 0.6) is 5.75 Å². The van der Waals surface area contributed by atoms with Gasteiger partial charge in [0.2, 0.25) is 7.59 Å². The average Bonchev–Trinajstić information content (AvgIpc) is 3.02. The first kappa shape index (κ1) is 22.6. The molecule has 1 N–H and O–H groups in total. The SMILES string of the molecule is O=C(NN(C(=O)OCC(Cl)(Cl)Cl)c1ccc2c(c1)CCO2)OCC(Cl)(Cl)Cl. The van der Waals surface area contributed by atoms with Crippen LogP contribution in [-0.4, -0.2) is 39.6 Å². The quantitative estimate of drug-likeness (QED) is 0.469. The van der Waals surface area contributed by atoms with Gasteiger partial charge < -0.3 is 14.2 Å². The molecule has 0 aliphatic carbocycles. The fourth-order valence-electron chi connectivity index (χ4n) is 2.01. The highest BCUT2D eigenvalue weighted by Crippen LogP contribution is 2.30. The average molecular weight is 501 g/mol. The largest absolute Gasteiger partial charge is 0.493 e. The molecule has 150 valence electrons. The number of alkyl halides is 6. The zero-order valence-corrected chi connectivity index (χ0v) is 17.9. The lowest BCUT2D eigenvalue weighted by Crippen LogP contribution is -2.48. The molecule has 0 radical (unpaired) electrons. The molecule has 1 aliphatic rings. The number of benzene rings is 1. The van der Waals surface area contributed by atoms with Crippen LogP contribution in [0.3, 0.4) is 0 Å². The van der Waals surface area contributed by atoms with E-state index >= 15 is 0 Å². The molecule has 0 aromatic heterocycles. The van der Waals surface area contributed by atoms with Crippen molar-refractivity contribution in [3.05, 3.63) is 23.8 Å². The van der Waals surface area contributed by atoms with Crippen LogP contribution >= 0.6 is 69.6 Å². The fourth-order valence-corrected chi connectivity index (χ4v) is 2.33. The van der Waals surface area contributed by atoms with Crippen molar-refractivity contribution in [1.82, 2.24) is 5.43 Å². The highest BCUT2D eigenvalue weighted by molar-refractivity contribution is 6.68. The molecule has 2 rings (SSSR count). The Labute approximate surface area is 184 Å². The molecule has 0 atom stereocenters. The normalized spacial score (nSPS) is 13.4. The number of amides is 2. The number of carbonyl (C=O) groups is 2. The van der Waals surface area contributed by atoms with Crippen molar-refractivity contribution in [2.24, 2.45) is 0 Å². The molecule has 1 aromatic rings. The lowest BCUT2D eigenvalue weighted by molar-refractivity contribution is 0.135. The van der Waals surface area contributed by atoms with E-state index in [1.165, 1.54) is 6.07 Å². The summed E-state index contributed by atoms with van der Waals surface area (Å²) in [5, 5.41) is 0.774. The van der Waals surface area contributed by atoms with E-state index in [2.05, 4.69) is 5.43 Å². The number of fused-ring (bicyclic) bond motifs is 1. The molecule has 1 aromatic carbocycles. The highest BCUT2D eigenvalue weighted by Gasteiger charge is 2.29. The van der Waals surface area contributed by atoms with Crippen LogP contribution in [0.2, 0.25) is 0 Å². The molecule has 7 nitrogen and oxygen atoms in total. The third-order valence-electron chi connectivity index (χ3n) is 3.04. The van der Waals surface area contributed by atoms with Crippen molar-refractivity contribution in [2.75, 3.05) is 24.8 Å². The maximum absolute atomic E-state index is 12.4. The second-order valence-corrected chi connectivity index (χ2v) is 10.2. The van der Waals surface area contributed by atoms with E-state index < -0.39 is 33.0 Å². The topological polar surface area (TPSA) is 77.1 Å². The molecule has 0 unspecified atom stereocenters. The molecule has 0 fully saturated rings. The molecule has 13 heteroatoms. The van der Waals surface area contributed by atoms with Gasteiger partial charge in [-0.05, 0) is 23.8 Å². The predicted molar refractivity (Wildman–Crippen MR) is 105 cm³/mol. The molecular formula is C14H12Cl6N2O5. The van der Waals surface area contributed by atoms with Crippen LogP contribution < -0.4 is 15.2 Å². The second-order valence-electron chi connectivity index (χ2n) is 5.20. The number of carbonyl (C=O) groups excluding carboxylic acids is 2. The van der Waals surface area contributed by atoms with Gasteiger partial charge in [-0.25, -0.2) is 15.0 Å². The van der Waals surface area contributed by atoms with Crippen molar-refractivity contribution in [3.8, 4) is 5.75 Å². The van der Waals surface area contributed by atoms with E-state index in [0.717, 1.165) is 10.6 Å². The van der Waals surface area contributed by atoms with Crippen LogP contribution in [0, 0.1) is 0 Å². The molecule has 1 aliphatic heterocycles. The predicted octanol–water partition coefficient (Wildman–Crippen LogP) is 4.95. The number of ether oxygens (including phenoxy) is 3. The smallest absolute Gasteiger partial charge is 0.433 e. The van der Waals surface area contributed by atoms with E-state index in [4.69, 9.17) is 83.8 Å². The number of nitrogens with zero attached hydrogens (tertiary/aromatic N) is 1. The zero-order chi connectivity index (χ0) is 20.2. The van der Waals surface area contributed by atoms with Gasteiger partial charge in [-0.2, -0.15) is 5.01 Å². The Morgan fingerprint density at radius 1 is 1.07 bits per heavy atom. The Balaban J connectivity index is 2.15. The van der Waals surface area contributed by atoms with Crippen LogP contribution in [0.4, 0.5) is 15.3 Å². The van der Waals surface area contributed by atoms with E-state index in [-0.39, 0.29) is 5.69 Å². The maximum atomic E-state index is 12.4.